The minimum atomic E-state index is -0.548. The predicted octanol–water partition coefficient (Wildman–Crippen LogP) is 3.87. The lowest BCUT2D eigenvalue weighted by atomic mass is 10.1. The molecule has 1 fully saturated rings. The first kappa shape index (κ1) is 26.5. The van der Waals surface area contributed by atoms with Gasteiger partial charge in [-0.15, -0.1) is 9.73 Å². The van der Waals surface area contributed by atoms with E-state index in [0.29, 0.717) is 37.6 Å². The number of aromatic nitrogens is 4. The van der Waals surface area contributed by atoms with Crippen LogP contribution in [0.4, 0.5) is 26.8 Å². The normalized spacial score (nSPS) is 19.3. The highest BCUT2D eigenvalue weighted by molar-refractivity contribution is 6.03. The zero-order chi connectivity index (χ0) is 28.1. The molecule has 0 radical (unpaired) electrons. The van der Waals surface area contributed by atoms with Crippen LogP contribution in [0.5, 0.6) is 5.88 Å². The molecular formula is C27H36N8O4. The van der Waals surface area contributed by atoms with Crippen molar-refractivity contribution in [3.63, 3.8) is 0 Å². The Hall–Kier alpha value is -4.09. The van der Waals surface area contributed by atoms with Gasteiger partial charge in [-0.05, 0) is 66.2 Å². The minimum absolute atomic E-state index is 0.0460. The summed E-state index contributed by atoms with van der Waals surface area (Å²) in [5.41, 5.74) is 3.53. The first-order chi connectivity index (χ1) is 18.4. The lowest BCUT2D eigenvalue weighted by Crippen LogP contribution is -2.59. The fourth-order valence-corrected chi connectivity index (χ4v) is 5.42. The molecule has 12 nitrogen and oxygen atoms in total. The summed E-state index contributed by atoms with van der Waals surface area (Å²) in [6.07, 6.45) is 2.12. The van der Waals surface area contributed by atoms with Gasteiger partial charge in [0.25, 0.3) is 5.88 Å². The number of nitrogens with zero attached hydrogens (tertiary/aromatic N) is 7. The third-order valence-corrected chi connectivity index (χ3v) is 6.94. The maximum atomic E-state index is 13.4. The van der Waals surface area contributed by atoms with Gasteiger partial charge in [0.1, 0.15) is 17.1 Å². The Bertz CT molecular complexity index is 1400. The summed E-state index contributed by atoms with van der Waals surface area (Å²) in [5.74, 6) is 0.902. The van der Waals surface area contributed by atoms with Crippen molar-refractivity contribution in [3.05, 3.63) is 35.7 Å². The van der Waals surface area contributed by atoms with Gasteiger partial charge in [-0.25, -0.2) is 14.6 Å². The standard InChI is InChI=1S/C27H36N8O4/c1-16-12-19-13-21(24(38-7)31-35(19)30-16)29-25(36)33-11-9-20-22(8-10-28-23(20)33)32-14-17(2)34(18(3)15-32)26(37)39-27(4,5)6/h8,10,12-13,17-18H,9,11,14-15H2,1-7H3,(H,29,36)/t17-,18+. The van der Waals surface area contributed by atoms with Gasteiger partial charge in [-0.1, -0.05) is 0 Å². The zero-order valence-corrected chi connectivity index (χ0v) is 23.6. The highest BCUT2D eigenvalue weighted by atomic mass is 16.6. The van der Waals surface area contributed by atoms with Crippen LogP contribution in [-0.2, 0) is 11.2 Å². The smallest absolute Gasteiger partial charge is 0.410 e. The van der Waals surface area contributed by atoms with Gasteiger partial charge >= 0.3 is 12.1 Å². The molecule has 3 aromatic heterocycles. The van der Waals surface area contributed by atoms with Crippen LogP contribution in [0.15, 0.2) is 24.4 Å². The number of urea groups is 1. The van der Waals surface area contributed by atoms with Crippen LogP contribution in [0.25, 0.3) is 5.52 Å². The molecule has 0 bridgehead atoms. The van der Waals surface area contributed by atoms with E-state index in [2.05, 4.69) is 25.4 Å². The summed E-state index contributed by atoms with van der Waals surface area (Å²) in [4.78, 5) is 36.6. The first-order valence-corrected chi connectivity index (χ1v) is 13.2. The van der Waals surface area contributed by atoms with Gasteiger partial charge in [0.2, 0.25) is 0 Å². The summed E-state index contributed by atoms with van der Waals surface area (Å²) >= 11 is 0. The van der Waals surface area contributed by atoms with Gasteiger partial charge in [0.05, 0.1) is 30.4 Å². The van der Waals surface area contributed by atoms with E-state index in [1.54, 1.807) is 17.2 Å². The third-order valence-electron chi connectivity index (χ3n) is 6.94. The number of anilines is 3. The number of hydrogen-bond donors (Lipinski definition) is 1. The number of piperazine rings is 1. The van der Waals surface area contributed by atoms with Crippen molar-refractivity contribution >= 4 is 34.8 Å². The molecule has 2 aliphatic heterocycles. The maximum absolute atomic E-state index is 13.4. The monoisotopic (exact) mass is 536 g/mol. The average Bonchev–Trinajstić information content (AvgIpc) is 3.44. The van der Waals surface area contributed by atoms with Crippen LogP contribution in [-0.4, -0.2) is 81.3 Å². The van der Waals surface area contributed by atoms with Crippen LogP contribution in [0.1, 0.15) is 45.9 Å². The number of pyridine rings is 1. The summed E-state index contributed by atoms with van der Waals surface area (Å²) in [6, 6.07) is 5.26. The zero-order valence-electron chi connectivity index (χ0n) is 23.6. The van der Waals surface area contributed by atoms with E-state index in [4.69, 9.17) is 9.47 Å². The summed E-state index contributed by atoms with van der Waals surface area (Å²) < 4.78 is 12.5. The van der Waals surface area contributed by atoms with E-state index >= 15 is 0 Å². The van der Waals surface area contributed by atoms with Crippen molar-refractivity contribution in [1.29, 1.82) is 0 Å². The van der Waals surface area contributed by atoms with Gasteiger partial charge < -0.3 is 19.7 Å². The second-order valence-electron chi connectivity index (χ2n) is 11.2. The number of carbonyl (C=O) groups excluding carboxylic acids is 2. The lowest BCUT2D eigenvalue weighted by molar-refractivity contribution is 0.00565. The van der Waals surface area contributed by atoms with Gasteiger partial charge in [-0.2, -0.15) is 5.10 Å². The Morgan fingerprint density at radius 3 is 2.49 bits per heavy atom. The number of fused-ring (bicyclic) bond motifs is 2. The molecule has 3 aromatic rings. The minimum Gasteiger partial charge on any atom is -0.478 e. The van der Waals surface area contributed by atoms with E-state index in [1.807, 2.05) is 58.6 Å². The Kier molecular flexibility index (Phi) is 6.73. The van der Waals surface area contributed by atoms with Gasteiger partial charge in [-0.3, -0.25) is 9.80 Å². The van der Waals surface area contributed by atoms with Crippen LogP contribution >= 0.6 is 0 Å². The highest BCUT2D eigenvalue weighted by Gasteiger charge is 2.38. The molecule has 3 amide bonds. The molecule has 5 heterocycles. The quantitative estimate of drug-likeness (QED) is 0.536. The van der Waals surface area contributed by atoms with E-state index < -0.39 is 5.60 Å². The molecule has 0 aliphatic carbocycles. The topological polar surface area (TPSA) is 117 Å². The van der Waals surface area contributed by atoms with Gasteiger partial charge in [0.15, 0.2) is 0 Å². The van der Waals surface area contributed by atoms with Crippen molar-refractivity contribution in [2.45, 2.75) is 65.6 Å². The molecule has 1 N–H and O–H groups in total. The molecule has 39 heavy (non-hydrogen) atoms. The summed E-state index contributed by atoms with van der Waals surface area (Å²) in [5, 5.41) is 11.6. The molecule has 2 aliphatic rings. The molecule has 2 atom stereocenters. The molecule has 5 rings (SSSR count). The third kappa shape index (κ3) is 5.15. The van der Waals surface area contributed by atoms with Crippen molar-refractivity contribution in [3.8, 4) is 5.88 Å². The summed E-state index contributed by atoms with van der Waals surface area (Å²) in [7, 11) is 1.50. The lowest BCUT2D eigenvalue weighted by Gasteiger charge is -2.45. The molecule has 0 saturated carbocycles. The largest absolute Gasteiger partial charge is 0.478 e. The van der Waals surface area contributed by atoms with Crippen LogP contribution in [0.2, 0.25) is 0 Å². The van der Waals surface area contributed by atoms with Crippen molar-refractivity contribution in [1.82, 2.24) is 24.7 Å². The summed E-state index contributed by atoms with van der Waals surface area (Å²) in [6.45, 7) is 13.4. The van der Waals surface area contributed by atoms with Gasteiger partial charge in [0, 0.05) is 37.1 Å². The number of aryl methyl sites for hydroxylation is 1. The van der Waals surface area contributed by atoms with Crippen molar-refractivity contribution < 1.29 is 19.1 Å². The number of nitrogens with one attached hydrogen (secondary N) is 1. The molecule has 0 spiro atoms. The molecule has 0 aromatic carbocycles. The highest BCUT2D eigenvalue weighted by Crippen LogP contribution is 2.36. The molecule has 12 heteroatoms. The molecular weight excluding hydrogens is 500 g/mol. The van der Waals surface area contributed by atoms with E-state index in [9.17, 15) is 9.59 Å². The molecule has 0 unspecified atom stereocenters. The van der Waals surface area contributed by atoms with Crippen LogP contribution < -0.4 is 19.9 Å². The first-order valence-electron chi connectivity index (χ1n) is 13.2. The van der Waals surface area contributed by atoms with Crippen LogP contribution in [0, 0.1) is 6.92 Å². The Morgan fingerprint density at radius 2 is 1.82 bits per heavy atom. The van der Waals surface area contributed by atoms with E-state index in [-0.39, 0.29) is 30.1 Å². The van der Waals surface area contributed by atoms with Crippen molar-refractivity contribution in [2.24, 2.45) is 0 Å². The molecule has 208 valence electrons. The number of rotatable bonds is 3. The number of amides is 3. The van der Waals surface area contributed by atoms with E-state index in [0.717, 1.165) is 22.5 Å². The SMILES string of the molecule is COc1nn2nc(C)cc2cc1NC(=O)N1CCc2c(N3C[C@@H](C)N(C(=O)OC(C)(C)C)[C@@H](C)C3)ccnc21. The number of methoxy groups -OCH3 is 1. The number of hydrogen-bond acceptors (Lipinski definition) is 8. The predicted molar refractivity (Wildman–Crippen MR) is 148 cm³/mol. The van der Waals surface area contributed by atoms with E-state index in [1.165, 1.54) is 11.7 Å². The number of carbonyl (C=O) groups is 2. The fourth-order valence-electron chi connectivity index (χ4n) is 5.42. The average molecular weight is 537 g/mol. The number of ether oxygens (including phenoxy) is 2. The Balaban J connectivity index is 1.34. The fraction of sp³-hybridized carbons (Fsp3) is 0.519. The second-order valence-corrected chi connectivity index (χ2v) is 11.2. The second kappa shape index (κ2) is 9.90. The Morgan fingerprint density at radius 1 is 1.10 bits per heavy atom. The molecule has 1 saturated heterocycles. The Labute approximate surface area is 227 Å². The van der Waals surface area contributed by atoms with Crippen LogP contribution in [0.3, 0.4) is 0 Å². The van der Waals surface area contributed by atoms with Crippen molar-refractivity contribution in [2.75, 3.05) is 41.9 Å². The maximum Gasteiger partial charge on any atom is 0.410 e.